The number of hydrogen-bond acceptors (Lipinski definition) is 3. The number of carbonyl (C=O) groups is 1. The molecule has 2 aromatic rings. The third-order valence-corrected chi connectivity index (χ3v) is 4.12. The topological polar surface area (TPSA) is 74.8 Å². The van der Waals surface area contributed by atoms with E-state index >= 15 is 0 Å². The van der Waals surface area contributed by atoms with Crippen LogP contribution in [0.15, 0.2) is 53.5 Å². The number of nitrogens with zero attached hydrogens (tertiary/aromatic N) is 1. The molecule has 0 fully saturated rings. The average molecular weight is 400 g/mol. The Bertz CT molecular complexity index is 794. The number of nitrogens with one attached hydrogen (secondary N) is 3. The quantitative estimate of drug-likeness (QED) is 0.326. The van der Waals surface area contributed by atoms with Crippen molar-refractivity contribution in [1.29, 1.82) is 0 Å². The lowest BCUT2D eigenvalue weighted by molar-refractivity contribution is 0.0963. The van der Waals surface area contributed by atoms with Gasteiger partial charge in [-0.2, -0.15) is 0 Å². The molecule has 0 bridgehead atoms. The highest BCUT2D eigenvalue weighted by Crippen LogP contribution is 2.11. The van der Waals surface area contributed by atoms with Crippen LogP contribution in [-0.2, 0) is 6.42 Å². The molecule has 0 saturated heterocycles. The van der Waals surface area contributed by atoms with Crippen molar-refractivity contribution in [3.8, 4) is 5.75 Å². The van der Waals surface area contributed by atoms with Crippen LogP contribution >= 0.6 is 0 Å². The molecule has 0 saturated carbocycles. The van der Waals surface area contributed by atoms with Gasteiger partial charge in [0.25, 0.3) is 5.91 Å². The third kappa shape index (κ3) is 8.21. The van der Waals surface area contributed by atoms with Crippen molar-refractivity contribution in [2.24, 2.45) is 4.99 Å². The lowest BCUT2D eigenvalue weighted by Crippen LogP contribution is -2.38. The number of benzene rings is 2. The maximum absolute atomic E-state index is 12.9. The minimum atomic E-state index is -0.274. The summed E-state index contributed by atoms with van der Waals surface area (Å²) in [5, 5.41) is 9.15. The van der Waals surface area contributed by atoms with Gasteiger partial charge in [-0.05, 0) is 55.3 Å². The summed E-state index contributed by atoms with van der Waals surface area (Å²) in [6, 6.07) is 13.6. The Labute approximate surface area is 171 Å². The van der Waals surface area contributed by atoms with E-state index in [1.807, 2.05) is 25.1 Å². The number of halogens is 1. The first kappa shape index (κ1) is 22.2. The van der Waals surface area contributed by atoms with Crippen LogP contribution in [0.3, 0.4) is 0 Å². The molecule has 2 rings (SSSR count). The zero-order valence-corrected chi connectivity index (χ0v) is 17.0. The Morgan fingerprint density at radius 2 is 1.93 bits per heavy atom. The fourth-order valence-electron chi connectivity index (χ4n) is 2.66. The summed E-state index contributed by atoms with van der Waals surface area (Å²) < 4.78 is 18.4. The molecule has 0 atom stereocenters. The zero-order valence-electron chi connectivity index (χ0n) is 17.0. The fraction of sp³-hybridized carbons (Fsp3) is 0.364. The Kier molecular flexibility index (Phi) is 9.48. The molecular weight excluding hydrogens is 371 g/mol. The van der Waals surface area contributed by atoms with Crippen molar-refractivity contribution in [3.63, 3.8) is 0 Å². The molecule has 0 heterocycles. The molecule has 0 spiro atoms. The van der Waals surface area contributed by atoms with E-state index < -0.39 is 0 Å². The lowest BCUT2D eigenvalue weighted by Gasteiger charge is -2.12. The number of aliphatic imine (C=N–C) groups is 1. The molecule has 1 amide bonds. The monoisotopic (exact) mass is 400 g/mol. The summed E-state index contributed by atoms with van der Waals surface area (Å²) in [7, 11) is 1.63. The number of carbonyl (C=O) groups excluding carboxylic acids is 1. The predicted molar refractivity (Wildman–Crippen MR) is 114 cm³/mol. The summed E-state index contributed by atoms with van der Waals surface area (Å²) in [5.74, 6) is 1.04. The van der Waals surface area contributed by atoms with Crippen LogP contribution in [0.1, 0.15) is 29.3 Å². The van der Waals surface area contributed by atoms with Gasteiger partial charge in [0.15, 0.2) is 5.96 Å². The number of ether oxygens (including phenoxy) is 1. The molecule has 0 aliphatic carbocycles. The van der Waals surface area contributed by atoms with Gasteiger partial charge in [-0.1, -0.05) is 12.1 Å². The largest absolute Gasteiger partial charge is 0.494 e. The second-order valence-corrected chi connectivity index (χ2v) is 6.37. The Morgan fingerprint density at radius 1 is 1.14 bits per heavy atom. The summed E-state index contributed by atoms with van der Waals surface area (Å²) in [5.41, 5.74) is 1.74. The Morgan fingerprint density at radius 3 is 2.66 bits per heavy atom. The summed E-state index contributed by atoms with van der Waals surface area (Å²) in [6.07, 6.45) is 1.53. The highest BCUT2D eigenvalue weighted by atomic mass is 19.1. The SMILES string of the molecule is CCNC(=NCCCOc1ccc(F)cc1)NCCc1cccc(C(=O)NC)c1. The first-order valence-corrected chi connectivity index (χ1v) is 9.84. The minimum Gasteiger partial charge on any atom is -0.494 e. The predicted octanol–water partition coefficient (Wildman–Crippen LogP) is 2.75. The number of amides is 1. The smallest absolute Gasteiger partial charge is 0.251 e. The molecule has 0 aromatic heterocycles. The fourth-order valence-corrected chi connectivity index (χ4v) is 2.66. The standard InChI is InChI=1S/C22H29FN4O2/c1-3-25-22(26-13-5-15-29-20-10-8-19(23)9-11-20)27-14-12-17-6-4-7-18(16-17)21(28)24-2/h4,6-11,16H,3,5,12-15H2,1-2H3,(H,24,28)(H2,25,26,27). The highest BCUT2D eigenvalue weighted by Gasteiger charge is 2.04. The van der Waals surface area contributed by atoms with E-state index in [-0.39, 0.29) is 11.7 Å². The second kappa shape index (κ2) is 12.4. The first-order chi connectivity index (χ1) is 14.1. The summed E-state index contributed by atoms with van der Waals surface area (Å²) in [6.45, 7) is 4.62. The number of guanidine groups is 1. The van der Waals surface area contributed by atoms with Crippen LogP contribution in [-0.4, -0.2) is 45.2 Å². The normalized spacial score (nSPS) is 11.1. The molecule has 29 heavy (non-hydrogen) atoms. The van der Waals surface area contributed by atoms with Gasteiger partial charge in [0.05, 0.1) is 6.61 Å². The van der Waals surface area contributed by atoms with Gasteiger partial charge in [-0.25, -0.2) is 4.39 Å². The minimum absolute atomic E-state index is 0.0856. The van der Waals surface area contributed by atoms with Crippen LogP contribution < -0.4 is 20.7 Å². The van der Waals surface area contributed by atoms with Gasteiger partial charge in [0.1, 0.15) is 11.6 Å². The third-order valence-electron chi connectivity index (χ3n) is 4.12. The summed E-state index contributed by atoms with van der Waals surface area (Å²) in [4.78, 5) is 16.3. The van der Waals surface area contributed by atoms with Gasteiger partial charge in [0.2, 0.25) is 0 Å². The molecule has 6 nitrogen and oxygen atoms in total. The zero-order chi connectivity index (χ0) is 20.9. The van der Waals surface area contributed by atoms with E-state index in [1.54, 1.807) is 25.2 Å². The number of rotatable bonds is 10. The molecule has 7 heteroatoms. The molecule has 0 aliphatic heterocycles. The van der Waals surface area contributed by atoms with E-state index in [0.717, 1.165) is 30.9 Å². The van der Waals surface area contributed by atoms with E-state index in [9.17, 15) is 9.18 Å². The van der Waals surface area contributed by atoms with E-state index in [2.05, 4.69) is 20.9 Å². The molecule has 0 aliphatic rings. The Balaban J connectivity index is 1.74. The van der Waals surface area contributed by atoms with Gasteiger partial charge in [-0.3, -0.25) is 9.79 Å². The average Bonchev–Trinajstić information content (AvgIpc) is 2.74. The molecule has 0 radical (unpaired) electrons. The van der Waals surface area contributed by atoms with Gasteiger partial charge in [0, 0.05) is 38.7 Å². The molecule has 156 valence electrons. The van der Waals surface area contributed by atoms with Crippen LogP contribution in [0.5, 0.6) is 5.75 Å². The van der Waals surface area contributed by atoms with E-state index in [4.69, 9.17) is 4.74 Å². The van der Waals surface area contributed by atoms with Crippen molar-refractivity contribution in [2.75, 3.05) is 33.3 Å². The summed E-state index contributed by atoms with van der Waals surface area (Å²) >= 11 is 0. The van der Waals surface area contributed by atoms with Crippen LogP contribution in [0.25, 0.3) is 0 Å². The van der Waals surface area contributed by atoms with E-state index in [0.29, 0.717) is 31.0 Å². The van der Waals surface area contributed by atoms with E-state index in [1.165, 1.54) is 12.1 Å². The molecule has 0 unspecified atom stereocenters. The first-order valence-electron chi connectivity index (χ1n) is 9.84. The van der Waals surface area contributed by atoms with Crippen LogP contribution in [0, 0.1) is 5.82 Å². The van der Waals surface area contributed by atoms with Gasteiger partial charge >= 0.3 is 0 Å². The maximum Gasteiger partial charge on any atom is 0.251 e. The van der Waals surface area contributed by atoms with Crippen molar-refractivity contribution in [2.45, 2.75) is 19.8 Å². The van der Waals surface area contributed by atoms with Gasteiger partial charge in [-0.15, -0.1) is 0 Å². The van der Waals surface area contributed by atoms with Crippen molar-refractivity contribution < 1.29 is 13.9 Å². The number of hydrogen-bond donors (Lipinski definition) is 3. The van der Waals surface area contributed by atoms with Crippen LogP contribution in [0.2, 0.25) is 0 Å². The van der Waals surface area contributed by atoms with Crippen molar-refractivity contribution in [3.05, 3.63) is 65.5 Å². The van der Waals surface area contributed by atoms with Crippen molar-refractivity contribution in [1.82, 2.24) is 16.0 Å². The van der Waals surface area contributed by atoms with Crippen molar-refractivity contribution >= 4 is 11.9 Å². The molecule has 3 N–H and O–H groups in total. The highest BCUT2D eigenvalue weighted by molar-refractivity contribution is 5.94. The van der Waals surface area contributed by atoms with Gasteiger partial charge < -0.3 is 20.7 Å². The second-order valence-electron chi connectivity index (χ2n) is 6.37. The maximum atomic E-state index is 12.9. The molecule has 2 aromatic carbocycles. The molecular formula is C22H29FN4O2. The van der Waals surface area contributed by atoms with Crippen LogP contribution in [0.4, 0.5) is 4.39 Å². The Hall–Kier alpha value is -3.09. The lowest BCUT2D eigenvalue weighted by atomic mass is 10.1.